The summed E-state index contributed by atoms with van der Waals surface area (Å²) in [6.45, 7) is 2.58. The summed E-state index contributed by atoms with van der Waals surface area (Å²) in [4.78, 5) is 11.9. The van der Waals surface area contributed by atoms with Gasteiger partial charge in [0.1, 0.15) is 17.4 Å². The van der Waals surface area contributed by atoms with Gasteiger partial charge < -0.3 is 14.5 Å². The molecule has 0 aliphatic heterocycles. The Labute approximate surface area is 164 Å². The Balaban J connectivity index is 1.84. The molecule has 1 heterocycles. The lowest BCUT2D eigenvalue weighted by Gasteiger charge is -2.13. The van der Waals surface area contributed by atoms with Crippen molar-refractivity contribution in [1.29, 1.82) is 5.26 Å². The largest absolute Gasteiger partial charge is 0.483 e. The molecule has 1 N–H and O–H groups in total. The summed E-state index contributed by atoms with van der Waals surface area (Å²) in [6, 6.07) is 11.2. The van der Waals surface area contributed by atoms with Crippen molar-refractivity contribution >= 4 is 16.7 Å². The molecule has 0 unspecified atom stereocenters. The molecule has 1 aromatic heterocycles. The van der Waals surface area contributed by atoms with E-state index in [0.29, 0.717) is 16.8 Å². The van der Waals surface area contributed by atoms with Crippen LogP contribution in [0.15, 0.2) is 45.6 Å². The molecule has 0 bridgehead atoms. The summed E-state index contributed by atoms with van der Waals surface area (Å²) in [5.74, 6) is -0.146. The van der Waals surface area contributed by atoms with Crippen molar-refractivity contribution in [3.05, 3.63) is 69.1 Å². The second-order valence-corrected chi connectivity index (χ2v) is 6.55. The smallest absolute Gasteiger partial charge is 0.422 e. The molecule has 0 saturated carbocycles. The third kappa shape index (κ3) is 4.69. The third-order valence-electron chi connectivity index (χ3n) is 4.49. The van der Waals surface area contributed by atoms with E-state index in [9.17, 15) is 23.2 Å². The molecule has 2 aromatic carbocycles. The van der Waals surface area contributed by atoms with Crippen molar-refractivity contribution in [3.8, 4) is 11.8 Å². The summed E-state index contributed by atoms with van der Waals surface area (Å²) in [5, 5.41) is 13.1. The quantitative estimate of drug-likeness (QED) is 0.619. The van der Waals surface area contributed by atoms with Gasteiger partial charge in [0.2, 0.25) is 0 Å². The Kier molecular flexibility index (Phi) is 5.50. The van der Waals surface area contributed by atoms with Crippen LogP contribution in [0, 0.1) is 25.2 Å². The molecular weight excluding hydrogens is 385 g/mol. The first-order valence-electron chi connectivity index (χ1n) is 8.68. The Bertz CT molecular complexity index is 1160. The Hall–Kier alpha value is -3.47. The van der Waals surface area contributed by atoms with Crippen LogP contribution in [0.1, 0.15) is 22.3 Å². The predicted molar refractivity (Wildman–Crippen MR) is 102 cm³/mol. The van der Waals surface area contributed by atoms with Crippen LogP contribution >= 0.6 is 0 Å². The topological polar surface area (TPSA) is 75.3 Å². The van der Waals surface area contributed by atoms with E-state index in [0.717, 1.165) is 16.5 Å². The van der Waals surface area contributed by atoms with Crippen molar-refractivity contribution < 1.29 is 22.3 Å². The molecule has 3 rings (SSSR count). The molecule has 8 heteroatoms. The zero-order chi connectivity index (χ0) is 21.2. The van der Waals surface area contributed by atoms with Gasteiger partial charge in [-0.1, -0.05) is 12.1 Å². The standard InChI is InChI=1S/C21H17F3N2O3/c1-12-3-5-17-15(8-19(27)29-20(17)13(12)2)10-26-16-4-6-18(14(7-16)9-25)28-11-21(22,23)24/h3-8,26H,10-11H2,1-2H3. The van der Waals surface area contributed by atoms with Crippen LogP contribution in [-0.4, -0.2) is 12.8 Å². The maximum absolute atomic E-state index is 12.3. The van der Waals surface area contributed by atoms with Crippen LogP contribution in [0.4, 0.5) is 18.9 Å². The summed E-state index contributed by atoms with van der Waals surface area (Å²) in [6.07, 6.45) is -4.49. The van der Waals surface area contributed by atoms with E-state index in [4.69, 9.17) is 4.42 Å². The molecular formula is C21H17F3N2O3. The summed E-state index contributed by atoms with van der Waals surface area (Å²) in [7, 11) is 0. The van der Waals surface area contributed by atoms with Crippen LogP contribution in [0.25, 0.3) is 11.0 Å². The highest BCUT2D eigenvalue weighted by Crippen LogP contribution is 2.27. The average Bonchev–Trinajstić information content (AvgIpc) is 2.67. The minimum absolute atomic E-state index is 0.0249. The number of benzene rings is 2. The Morgan fingerprint density at radius 1 is 1.17 bits per heavy atom. The van der Waals surface area contributed by atoms with Gasteiger partial charge >= 0.3 is 11.8 Å². The zero-order valence-corrected chi connectivity index (χ0v) is 15.7. The van der Waals surface area contributed by atoms with Crippen LogP contribution in [0.5, 0.6) is 5.75 Å². The van der Waals surface area contributed by atoms with Crippen molar-refractivity contribution in [1.82, 2.24) is 0 Å². The number of ether oxygens (including phenoxy) is 1. The summed E-state index contributed by atoms with van der Waals surface area (Å²) in [5.41, 5.74) is 3.10. The van der Waals surface area contributed by atoms with Crippen LogP contribution in [-0.2, 0) is 6.54 Å². The Morgan fingerprint density at radius 2 is 1.93 bits per heavy atom. The lowest BCUT2D eigenvalue weighted by atomic mass is 10.0. The number of nitrogens with zero attached hydrogens (tertiary/aromatic N) is 1. The first-order chi connectivity index (χ1) is 13.7. The molecule has 0 fully saturated rings. The van der Waals surface area contributed by atoms with E-state index < -0.39 is 18.4 Å². The third-order valence-corrected chi connectivity index (χ3v) is 4.49. The minimum Gasteiger partial charge on any atom is -0.483 e. The molecule has 0 radical (unpaired) electrons. The van der Waals surface area contributed by atoms with E-state index in [1.807, 2.05) is 32.0 Å². The highest BCUT2D eigenvalue weighted by molar-refractivity contribution is 5.84. The maximum Gasteiger partial charge on any atom is 0.422 e. The number of nitrogens with one attached hydrogen (secondary N) is 1. The fourth-order valence-corrected chi connectivity index (χ4v) is 2.88. The number of hydrogen-bond donors (Lipinski definition) is 1. The summed E-state index contributed by atoms with van der Waals surface area (Å²) >= 11 is 0. The van der Waals surface area contributed by atoms with E-state index in [1.54, 1.807) is 0 Å². The SMILES string of the molecule is Cc1ccc2c(CNc3ccc(OCC(F)(F)F)c(C#N)c3)cc(=O)oc2c1C. The van der Waals surface area contributed by atoms with Gasteiger partial charge in [-0.2, -0.15) is 18.4 Å². The van der Waals surface area contributed by atoms with Gasteiger partial charge in [-0.15, -0.1) is 0 Å². The lowest BCUT2D eigenvalue weighted by molar-refractivity contribution is -0.153. The lowest BCUT2D eigenvalue weighted by Crippen LogP contribution is -2.19. The number of rotatable bonds is 5. The molecule has 0 saturated heterocycles. The van der Waals surface area contributed by atoms with Gasteiger partial charge in [0.15, 0.2) is 6.61 Å². The summed E-state index contributed by atoms with van der Waals surface area (Å²) < 4.78 is 47.0. The van der Waals surface area contributed by atoms with Crippen LogP contribution < -0.4 is 15.7 Å². The molecule has 0 atom stereocenters. The zero-order valence-electron chi connectivity index (χ0n) is 15.7. The van der Waals surface area contributed by atoms with E-state index in [-0.39, 0.29) is 17.9 Å². The van der Waals surface area contributed by atoms with E-state index >= 15 is 0 Å². The number of anilines is 1. The second kappa shape index (κ2) is 7.87. The second-order valence-electron chi connectivity index (χ2n) is 6.55. The van der Waals surface area contributed by atoms with Crippen LogP contribution in [0.2, 0.25) is 0 Å². The number of halogens is 3. The number of hydrogen-bond acceptors (Lipinski definition) is 5. The van der Waals surface area contributed by atoms with E-state index in [2.05, 4.69) is 10.1 Å². The molecule has 0 aliphatic rings. The fraction of sp³-hybridized carbons (Fsp3) is 0.238. The predicted octanol–water partition coefficient (Wildman–Crippen LogP) is 4.83. The van der Waals surface area contributed by atoms with Gasteiger partial charge in [-0.3, -0.25) is 0 Å². The maximum atomic E-state index is 12.3. The number of aryl methyl sites for hydroxylation is 2. The number of nitriles is 1. The van der Waals surface area contributed by atoms with Gasteiger partial charge in [0.05, 0.1) is 5.56 Å². The molecule has 0 amide bonds. The van der Waals surface area contributed by atoms with Crippen molar-refractivity contribution in [2.24, 2.45) is 0 Å². The van der Waals surface area contributed by atoms with Gasteiger partial charge in [-0.25, -0.2) is 4.79 Å². The highest BCUT2D eigenvalue weighted by atomic mass is 19.4. The molecule has 0 spiro atoms. The van der Waals surface area contributed by atoms with Crippen LogP contribution in [0.3, 0.4) is 0 Å². The van der Waals surface area contributed by atoms with Crippen molar-refractivity contribution in [2.45, 2.75) is 26.6 Å². The van der Waals surface area contributed by atoms with Gasteiger partial charge in [0, 0.05) is 23.7 Å². The molecule has 150 valence electrons. The monoisotopic (exact) mass is 402 g/mol. The number of fused-ring (bicyclic) bond motifs is 1. The Morgan fingerprint density at radius 3 is 2.62 bits per heavy atom. The molecule has 5 nitrogen and oxygen atoms in total. The molecule has 3 aromatic rings. The highest BCUT2D eigenvalue weighted by Gasteiger charge is 2.28. The van der Waals surface area contributed by atoms with E-state index in [1.165, 1.54) is 24.3 Å². The first-order valence-corrected chi connectivity index (χ1v) is 8.68. The van der Waals surface area contributed by atoms with Gasteiger partial charge in [0.25, 0.3) is 0 Å². The van der Waals surface area contributed by atoms with Gasteiger partial charge in [-0.05, 0) is 48.7 Å². The molecule has 29 heavy (non-hydrogen) atoms. The number of alkyl halides is 3. The first kappa shape index (κ1) is 20.3. The average molecular weight is 402 g/mol. The van der Waals surface area contributed by atoms with Crippen molar-refractivity contribution in [3.63, 3.8) is 0 Å². The van der Waals surface area contributed by atoms with Crippen molar-refractivity contribution in [2.75, 3.05) is 11.9 Å². The minimum atomic E-state index is -4.49. The fourth-order valence-electron chi connectivity index (χ4n) is 2.88. The molecule has 0 aliphatic carbocycles. The normalized spacial score (nSPS) is 11.3.